The Balaban J connectivity index is 1.64. The molecule has 34 heavy (non-hydrogen) atoms. The van der Waals surface area contributed by atoms with Crippen molar-refractivity contribution in [1.82, 2.24) is 8.87 Å². The fraction of sp³-hybridized carbons (Fsp3) is 0.400. The van der Waals surface area contributed by atoms with E-state index in [1.54, 1.807) is 23.9 Å². The van der Waals surface area contributed by atoms with Gasteiger partial charge in [-0.05, 0) is 37.3 Å². The molecule has 0 aliphatic carbocycles. The normalized spacial score (nSPS) is 17.9. The van der Waals surface area contributed by atoms with Crippen molar-refractivity contribution in [2.75, 3.05) is 25.1 Å². The summed E-state index contributed by atoms with van der Waals surface area (Å²) in [5.74, 6) is -0.168. The molecule has 0 bridgehead atoms. The highest BCUT2D eigenvalue weighted by Gasteiger charge is 2.34. The Kier molecular flexibility index (Phi) is 7.79. The summed E-state index contributed by atoms with van der Waals surface area (Å²) in [6.45, 7) is 0.985. The molecule has 3 heterocycles. The van der Waals surface area contributed by atoms with Crippen LogP contribution in [-0.2, 0) is 21.4 Å². The van der Waals surface area contributed by atoms with E-state index in [0.717, 1.165) is 22.6 Å². The van der Waals surface area contributed by atoms with Crippen molar-refractivity contribution in [2.24, 2.45) is 10.9 Å². The van der Waals surface area contributed by atoms with Gasteiger partial charge in [-0.25, -0.2) is 8.42 Å². The third-order valence-corrected chi connectivity index (χ3v) is 10.7. The molecule has 1 amide bonds. The van der Waals surface area contributed by atoms with Gasteiger partial charge in [-0.1, -0.05) is 22.9 Å². The lowest BCUT2D eigenvalue weighted by Gasteiger charge is -2.29. The summed E-state index contributed by atoms with van der Waals surface area (Å²) < 4.78 is 30.4. The topological polar surface area (TPSA) is 115 Å². The number of non-ortho nitro benzene ring substituents is 1. The maximum Gasteiger partial charge on any atom is 0.270 e. The number of nitro benzene ring substituents is 1. The minimum atomic E-state index is -3.73. The van der Waals surface area contributed by atoms with Gasteiger partial charge in [-0.3, -0.25) is 14.9 Å². The molecule has 0 N–H and O–H groups in total. The highest BCUT2D eigenvalue weighted by Crippen LogP contribution is 2.31. The molecule has 1 aromatic carbocycles. The Hall–Kier alpha value is -1.77. The summed E-state index contributed by atoms with van der Waals surface area (Å²) in [5.41, 5.74) is 0.754. The third-order valence-electron chi connectivity index (χ3n) is 5.48. The molecule has 0 spiro atoms. The molecule has 1 fully saturated rings. The molecule has 0 radical (unpaired) electrons. The van der Waals surface area contributed by atoms with E-state index in [0.29, 0.717) is 39.8 Å². The molecule has 1 atom stereocenters. The standard InChI is InChI=1S/C20H21ClN4O5S4/c1-31-10-9-24-15-5-4-14(25(27)28)11-16(15)32-20(24)22-19(26)13-3-2-8-23(12-13)34(29,30)18-7-6-17(21)33-18/h4-7,11,13H,2-3,8-10,12H2,1H3. The van der Waals surface area contributed by atoms with Crippen molar-refractivity contribution < 1.29 is 18.1 Å². The Morgan fingerprint density at radius 2 is 2.12 bits per heavy atom. The van der Waals surface area contributed by atoms with Crippen LogP contribution in [0.1, 0.15) is 12.8 Å². The minimum absolute atomic E-state index is 0.0227. The SMILES string of the molecule is CSCCn1c(=NC(=O)C2CCCN(S(=O)(=O)c3ccc(Cl)s3)C2)sc2cc([N+](=O)[O-])ccc21. The van der Waals surface area contributed by atoms with E-state index in [-0.39, 0.29) is 22.3 Å². The predicted octanol–water partition coefficient (Wildman–Crippen LogP) is 4.22. The smallest absolute Gasteiger partial charge is 0.270 e. The van der Waals surface area contributed by atoms with E-state index in [1.807, 2.05) is 10.8 Å². The molecule has 14 heteroatoms. The first-order chi connectivity index (χ1) is 16.2. The molecule has 1 aliphatic rings. The summed E-state index contributed by atoms with van der Waals surface area (Å²) in [6, 6.07) is 7.62. The zero-order valence-corrected chi connectivity index (χ0v) is 22.1. The largest absolute Gasteiger partial charge is 0.316 e. The molecular formula is C20H21ClN4O5S4. The Bertz CT molecular complexity index is 1410. The van der Waals surface area contributed by atoms with Gasteiger partial charge in [0.05, 0.1) is 25.4 Å². The lowest BCUT2D eigenvalue weighted by atomic mass is 9.99. The quantitative estimate of drug-likeness (QED) is 0.316. The second-order valence-electron chi connectivity index (χ2n) is 7.65. The molecule has 2 aromatic heterocycles. The fourth-order valence-corrected chi connectivity index (χ4v) is 8.39. The van der Waals surface area contributed by atoms with E-state index in [4.69, 9.17) is 11.6 Å². The third kappa shape index (κ3) is 5.24. The van der Waals surface area contributed by atoms with Gasteiger partial charge in [-0.15, -0.1) is 11.3 Å². The number of carbonyl (C=O) groups excluding carboxylic acids is 1. The first kappa shape index (κ1) is 25.3. The zero-order chi connectivity index (χ0) is 24.5. The number of nitro groups is 1. The first-order valence-electron chi connectivity index (χ1n) is 10.3. The molecule has 1 aliphatic heterocycles. The number of aromatic nitrogens is 1. The van der Waals surface area contributed by atoms with Gasteiger partial charge >= 0.3 is 0 Å². The van der Waals surface area contributed by atoms with Crippen molar-refractivity contribution in [3.8, 4) is 0 Å². The number of benzene rings is 1. The zero-order valence-electron chi connectivity index (χ0n) is 18.0. The van der Waals surface area contributed by atoms with Crippen molar-refractivity contribution in [1.29, 1.82) is 0 Å². The van der Waals surface area contributed by atoms with Gasteiger partial charge < -0.3 is 4.57 Å². The van der Waals surface area contributed by atoms with Crippen molar-refractivity contribution in [2.45, 2.75) is 23.6 Å². The van der Waals surface area contributed by atoms with E-state index >= 15 is 0 Å². The Morgan fingerprint density at radius 3 is 2.79 bits per heavy atom. The van der Waals surface area contributed by atoms with Crippen molar-refractivity contribution in [3.05, 3.63) is 49.6 Å². The van der Waals surface area contributed by atoms with Crippen molar-refractivity contribution in [3.63, 3.8) is 0 Å². The summed E-state index contributed by atoms with van der Waals surface area (Å²) in [7, 11) is -3.73. The van der Waals surface area contributed by atoms with E-state index in [1.165, 1.54) is 33.8 Å². The number of amides is 1. The number of rotatable bonds is 7. The number of piperidine rings is 1. The van der Waals surface area contributed by atoms with Crippen LogP contribution in [0.15, 0.2) is 39.5 Å². The van der Waals surface area contributed by atoms with Crippen LogP contribution in [0.25, 0.3) is 10.2 Å². The number of carbonyl (C=O) groups is 1. The van der Waals surface area contributed by atoms with E-state index in [2.05, 4.69) is 4.99 Å². The summed E-state index contributed by atoms with van der Waals surface area (Å²) in [4.78, 5) is 28.7. The monoisotopic (exact) mass is 560 g/mol. The first-order valence-corrected chi connectivity index (χ1v) is 15.2. The summed E-state index contributed by atoms with van der Waals surface area (Å²) >= 11 is 9.77. The second kappa shape index (κ2) is 10.5. The van der Waals surface area contributed by atoms with Crippen LogP contribution in [0.3, 0.4) is 0 Å². The van der Waals surface area contributed by atoms with Gasteiger partial charge in [-0.2, -0.15) is 21.1 Å². The molecule has 1 saturated heterocycles. The molecule has 9 nitrogen and oxygen atoms in total. The number of aryl methyl sites for hydroxylation is 1. The van der Waals surface area contributed by atoms with Crippen molar-refractivity contribution >= 4 is 77.9 Å². The predicted molar refractivity (Wildman–Crippen MR) is 136 cm³/mol. The number of halogens is 1. The number of fused-ring (bicyclic) bond motifs is 1. The molecule has 182 valence electrons. The number of thioether (sulfide) groups is 1. The highest BCUT2D eigenvalue weighted by molar-refractivity contribution is 7.98. The molecule has 1 unspecified atom stereocenters. The van der Waals surface area contributed by atoms with Crippen LogP contribution < -0.4 is 4.80 Å². The van der Waals surface area contributed by atoms with Crippen LogP contribution in [0.4, 0.5) is 5.69 Å². The van der Waals surface area contributed by atoms with Crippen LogP contribution in [-0.4, -0.2) is 53.2 Å². The maximum atomic E-state index is 13.1. The van der Waals surface area contributed by atoms with Crippen LogP contribution >= 0.6 is 46.0 Å². The molecule has 0 saturated carbocycles. The molecule has 4 rings (SSSR count). The summed E-state index contributed by atoms with van der Waals surface area (Å²) in [5, 5.41) is 11.2. The minimum Gasteiger partial charge on any atom is -0.316 e. The van der Waals surface area contributed by atoms with Crippen LogP contribution in [0, 0.1) is 16.0 Å². The maximum absolute atomic E-state index is 13.1. The van der Waals surface area contributed by atoms with Gasteiger partial charge in [0.2, 0.25) is 0 Å². The second-order valence-corrected chi connectivity index (χ2v) is 13.5. The Morgan fingerprint density at radius 1 is 1.32 bits per heavy atom. The van der Waals surface area contributed by atoms with Crippen LogP contribution in [0.5, 0.6) is 0 Å². The number of hydrogen-bond donors (Lipinski definition) is 0. The molecule has 3 aromatic rings. The van der Waals surface area contributed by atoms with E-state index in [9.17, 15) is 23.3 Å². The summed E-state index contributed by atoms with van der Waals surface area (Å²) in [6.07, 6.45) is 3.07. The lowest BCUT2D eigenvalue weighted by Crippen LogP contribution is -2.42. The van der Waals surface area contributed by atoms with Gasteiger partial charge in [0, 0.05) is 37.5 Å². The average Bonchev–Trinajstić information content (AvgIpc) is 3.40. The number of thiophene rings is 1. The highest BCUT2D eigenvalue weighted by atomic mass is 35.5. The van der Waals surface area contributed by atoms with Gasteiger partial charge in [0.15, 0.2) is 4.80 Å². The van der Waals surface area contributed by atoms with Gasteiger partial charge in [0.1, 0.15) is 4.21 Å². The average molecular weight is 561 g/mol. The Labute approximate surface area is 213 Å². The molecular weight excluding hydrogens is 540 g/mol. The number of nitrogens with zero attached hydrogens (tertiary/aromatic N) is 4. The van der Waals surface area contributed by atoms with Crippen LogP contribution in [0.2, 0.25) is 4.34 Å². The van der Waals surface area contributed by atoms with E-state index < -0.39 is 20.9 Å². The number of sulfonamides is 1. The lowest BCUT2D eigenvalue weighted by molar-refractivity contribution is -0.384. The fourth-order valence-electron chi connectivity index (χ4n) is 3.77. The number of thiazole rings is 1. The van der Waals surface area contributed by atoms with Gasteiger partial charge in [0.25, 0.3) is 21.6 Å². The number of hydrogen-bond acceptors (Lipinski definition) is 8.